The van der Waals surface area contributed by atoms with Crippen LogP contribution in [0.4, 0.5) is 0 Å². The molecule has 0 amide bonds. The maximum atomic E-state index is 6.44. The van der Waals surface area contributed by atoms with Crippen LogP contribution in [0.15, 0.2) is 48.8 Å². The second kappa shape index (κ2) is 7.83. The molecular weight excluding hydrogens is 332 g/mol. The van der Waals surface area contributed by atoms with Gasteiger partial charge in [-0.25, -0.2) is 0 Å². The Kier molecular flexibility index (Phi) is 5.54. The van der Waals surface area contributed by atoms with Crippen molar-refractivity contribution in [2.24, 2.45) is 11.8 Å². The molecule has 1 atom stereocenters. The number of hydrogen-bond acceptors (Lipinski definition) is 3. The van der Waals surface area contributed by atoms with Gasteiger partial charge in [-0.05, 0) is 36.5 Å². The summed E-state index contributed by atoms with van der Waals surface area (Å²) in [4.78, 5) is 8.96. The van der Waals surface area contributed by atoms with E-state index in [4.69, 9.17) is 16.3 Å². The van der Waals surface area contributed by atoms with Gasteiger partial charge in [0, 0.05) is 17.1 Å². The summed E-state index contributed by atoms with van der Waals surface area (Å²) in [6.45, 7) is 7.29. The minimum absolute atomic E-state index is 0.486. The molecule has 3 nitrogen and oxygen atoms in total. The van der Waals surface area contributed by atoms with Crippen LogP contribution in [-0.2, 0) is 0 Å². The predicted octanol–water partition coefficient (Wildman–Crippen LogP) is 6.01. The zero-order chi connectivity index (χ0) is 17.8. The van der Waals surface area contributed by atoms with Gasteiger partial charge >= 0.3 is 0 Å². The second-order valence-corrected chi connectivity index (χ2v) is 7.33. The van der Waals surface area contributed by atoms with Gasteiger partial charge in [0.15, 0.2) is 5.75 Å². The Morgan fingerprint density at radius 3 is 2.64 bits per heavy atom. The fourth-order valence-electron chi connectivity index (χ4n) is 3.10. The first-order chi connectivity index (χ1) is 12.0. The topological polar surface area (TPSA) is 35.0 Å². The zero-order valence-electron chi connectivity index (χ0n) is 14.9. The Hall–Kier alpha value is -2.13. The quantitative estimate of drug-likeness (QED) is 0.543. The van der Waals surface area contributed by atoms with Gasteiger partial charge in [-0.3, -0.25) is 9.97 Å². The van der Waals surface area contributed by atoms with Gasteiger partial charge in [0.1, 0.15) is 0 Å². The van der Waals surface area contributed by atoms with E-state index >= 15 is 0 Å². The molecule has 0 aliphatic rings. The summed E-state index contributed by atoms with van der Waals surface area (Å²) < 4.78 is 5.87. The van der Waals surface area contributed by atoms with Gasteiger partial charge in [0.25, 0.3) is 0 Å². The maximum Gasteiger partial charge on any atom is 0.156 e. The first kappa shape index (κ1) is 17.7. The highest BCUT2D eigenvalue weighted by Crippen LogP contribution is 2.31. The molecule has 2 aromatic heterocycles. The highest BCUT2D eigenvalue weighted by atomic mass is 35.5. The first-order valence-electron chi connectivity index (χ1n) is 8.67. The van der Waals surface area contributed by atoms with Crippen LogP contribution < -0.4 is 4.74 Å². The molecule has 0 aliphatic heterocycles. The summed E-state index contributed by atoms with van der Waals surface area (Å²) in [6, 6.07) is 11.9. The number of para-hydroxylation sites is 1. The number of halogens is 1. The van der Waals surface area contributed by atoms with Crippen LogP contribution in [0.3, 0.4) is 0 Å². The molecule has 4 heteroatoms. The van der Waals surface area contributed by atoms with Crippen molar-refractivity contribution in [2.45, 2.75) is 27.2 Å². The smallest absolute Gasteiger partial charge is 0.156 e. The molecule has 0 N–H and O–H groups in total. The molecule has 0 radical (unpaired) electrons. The maximum absolute atomic E-state index is 6.44. The fourth-order valence-corrected chi connectivity index (χ4v) is 3.30. The molecule has 3 aromatic rings. The number of pyridine rings is 2. The molecule has 3 rings (SSSR count). The van der Waals surface area contributed by atoms with Crippen molar-refractivity contribution < 1.29 is 4.74 Å². The van der Waals surface area contributed by atoms with E-state index in [-0.39, 0.29) is 0 Å². The van der Waals surface area contributed by atoms with Crippen LogP contribution >= 0.6 is 11.6 Å². The second-order valence-electron chi connectivity index (χ2n) is 6.92. The molecule has 1 unspecified atom stereocenters. The van der Waals surface area contributed by atoms with Crippen LogP contribution in [-0.4, -0.2) is 16.6 Å². The number of benzene rings is 1. The SMILES string of the molecule is CC(C)CC(C)COc1cnc(-c2ccnc3ccccc23)cc1Cl. The van der Waals surface area contributed by atoms with Crippen molar-refractivity contribution in [3.05, 3.63) is 53.8 Å². The minimum Gasteiger partial charge on any atom is -0.490 e. The summed E-state index contributed by atoms with van der Waals surface area (Å²) in [6.07, 6.45) is 4.65. The van der Waals surface area contributed by atoms with E-state index in [0.717, 1.165) is 28.6 Å². The number of rotatable bonds is 6. The molecule has 0 aliphatic carbocycles. The van der Waals surface area contributed by atoms with Crippen molar-refractivity contribution in [1.29, 1.82) is 0 Å². The summed E-state index contributed by atoms with van der Waals surface area (Å²) >= 11 is 6.44. The van der Waals surface area contributed by atoms with Crippen molar-refractivity contribution >= 4 is 22.5 Å². The lowest BCUT2D eigenvalue weighted by molar-refractivity contribution is 0.238. The molecule has 0 saturated carbocycles. The van der Waals surface area contributed by atoms with E-state index in [9.17, 15) is 0 Å². The molecule has 1 aromatic carbocycles. The Bertz CT molecular complexity index is 858. The van der Waals surface area contributed by atoms with Gasteiger partial charge in [0.2, 0.25) is 0 Å². The molecule has 130 valence electrons. The van der Waals surface area contributed by atoms with Crippen molar-refractivity contribution in [2.75, 3.05) is 6.61 Å². The number of nitrogens with zero attached hydrogens (tertiary/aromatic N) is 2. The summed E-state index contributed by atoms with van der Waals surface area (Å²) in [5.41, 5.74) is 2.79. The molecule has 25 heavy (non-hydrogen) atoms. The van der Waals surface area contributed by atoms with E-state index in [1.807, 2.05) is 36.4 Å². The van der Waals surface area contributed by atoms with Gasteiger partial charge in [-0.2, -0.15) is 0 Å². The van der Waals surface area contributed by atoms with E-state index in [1.165, 1.54) is 0 Å². The van der Waals surface area contributed by atoms with Gasteiger partial charge in [-0.15, -0.1) is 0 Å². The molecule has 0 spiro atoms. The van der Waals surface area contributed by atoms with Crippen LogP contribution in [0.5, 0.6) is 5.75 Å². The average Bonchev–Trinajstić information content (AvgIpc) is 2.59. The normalized spacial score (nSPS) is 12.5. The van der Waals surface area contributed by atoms with E-state index in [2.05, 4.69) is 30.7 Å². The van der Waals surface area contributed by atoms with E-state index in [1.54, 1.807) is 12.4 Å². The van der Waals surface area contributed by atoms with E-state index < -0.39 is 0 Å². The molecule has 0 bridgehead atoms. The zero-order valence-corrected chi connectivity index (χ0v) is 15.6. The minimum atomic E-state index is 0.486. The van der Waals surface area contributed by atoms with Crippen LogP contribution in [0.25, 0.3) is 22.2 Å². The Morgan fingerprint density at radius 2 is 1.88 bits per heavy atom. The summed E-state index contributed by atoms with van der Waals surface area (Å²) in [7, 11) is 0. The fraction of sp³-hybridized carbons (Fsp3) is 0.333. The highest BCUT2D eigenvalue weighted by molar-refractivity contribution is 6.32. The van der Waals surface area contributed by atoms with Crippen LogP contribution in [0.2, 0.25) is 5.02 Å². The number of fused-ring (bicyclic) bond motifs is 1. The Balaban J connectivity index is 1.82. The number of hydrogen-bond donors (Lipinski definition) is 0. The van der Waals surface area contributed by atoms with E-state index in [0.29, 0.717) is 29.2 Å². The summed E-state index contributed by atoms with van der Waals surface area (Å²) in [5.74, 6) is 1.79. The van der Waals surface area contributed by atoms with Gasteiger partial charge < -0.3 is 4.74 Å². The lowest BCUT2D eigenvalue weighted by atomic mass is 10.00. The highest BCUT2D eigenvalue weighted by Gasteiger charge is 2.11. The largest absolute Gasteiger partial charge is 0.490 e. The Morgan fingerprint density at radius 1 is 1.08 bits per heavy atom. The first-order valence-corrected chi connectivity index (χ1v) is 9.05. The monoisotopic (exact) mass is 354 g/mol. The van der Waals surface area contributed by atoms with Crippen molar-refractivity contribution in [1.82, 2.24) is 9.97 Å². The number of aromatic nitrogens is 2. The molecular formula is C21H23ClN2O. The lowest BCUT2D eigenvalue weighted by Gasteiger charge is -2.16. The third kappa shape index (κ3) is 4.29. The predicted molar refractivity (Wildman–Crippen MR) is 104 cm³/mol. The van der Waals surface area contributed by atoms with Gasteiger partial charge in [-0.1, -0.05) is 50.6 Å². The molecule has 2 heterocycles. The average molecular weight is 355 g/mol. The molecule has 0 saturated heterocycles. The van der Waals surface area contributed by atoms with Crippen molar-refractivity contribution in [3.63, 3.8) is 0 Å². The van der Waals surface area contributed by atoms with Crippen molar-refractivity contribution in [3.8, 4) is 17.0 Å². The third-order valence-corrected chi connectivity index (χ3v) is 4.44. The van der Waals surface area contributed by atoms with Crippen LogP contribution in [0, 0.1) is 11.8 Å². The van der Waals surface area contributed by atoms with Crippen LogP contribution in [0.1, 0.15) is 27.2 Å². The lowest BCUT2D eigenvalue weighted by Crippen LogP contribution is -2.11. The Labute approximate surface area is 154 Å². The number of ether oxygens (including phenoxy) is 1. The summed E-state index contributed by atoms with van der Waals surface area (Å²) in [5, 5.41) is 1.65. The standard InChI is InChI=1S/C21H23ClN2O/c1-14(2)10-15(3)13-25-21-12-24-20(11-18(21)22)17-8-9-23-19-7-5-4-6-16(17)19/h4-9,11-12,14-15H,10,13H2,1-3H3. The molecule has 0 fully saturated rings. The third-order valence-electron chi connectivity index (χ3n) is 4.14. The van der Waals surface area contributed by atoms with Gasteiger partial charge in [0.05, 0.1) is 29.0 Å².